The van der Waals surface area contributed by atoms with Crippen LogP contribution in [0.25, 0.3) is 0 Å². The van der Waals surface area contributed by atoms with Gasteiger partial charge in [0.1, 0.15) is 10.6 Å². The standard InChI is InChI=1S/C12H13N3O3S/c1-6-4-9(19-10(6)12(17)18)13-11(16)8-5-7(2)14-15(8)3/h4-5H,1-3H3,(H,13,16)(H,17,18). The van der Waals surface area contributed by atoms with Crippen LogP contribution in [0.3, 0.4) is 0 Å². The molecule has 0 saturated carbocycles. The fourth-order valence-corrected chi connectivity index (χ4v) is 2.66. The van der Waals surface area contributed by atoms with Crippen molar-refractivity contribution in [2.75, 3.05) is 5.32 Å². The van der Waals surface area contributed by atoms with Gasteiger partial charge in [0.05, 0.1) is 10.7 Å². The topological polar surface area (TPSA) is 84.2 Å². The molecule has 1 amide bonds. The Bertz CT molecular complexity index is 657. The van der Waals surface area contributed by atoms with Crippen molar-refractivity contribution in [2.45, 2.75) is 13.8 Å². The van der Waals surface area contributed by atoms with Gasteiger partial charge in [0.25, 0.3) is 5.91 Å². The molecule has 7 heteroatoms. The molecule has 100 valence electrons. The Hall–Kier alpha value is -2.15. The van der Waals surface area contributed by atoms with Gasteiger partial charge in [0, 0.05) is 7.05 Å². The van der Waals surface area contributed by atoms with Crippen LogP contribution in [0, 0.1) is 13.8 Å². The Morgan fingerprint density at radius 1 is 1.37 bits per heavy atom. The van der Waals surface area contributed by atoms with E-state index in [9.17, 15) is 9.59 Å². The van der Waals surface area contributed by atoms with Gasteiger partial charge < -0.3 is 10.4 Å². The van der Waals surface area contributed by atoms with Crippen molar-refractivity contribution in [1.29, 1.82) is 0 Å². The van der Waals surface area contributed by atoms with Gasteiger partial charge in [-0.15, -0.1) is 11.3 Å². The van der Waals surface area contributed by atoms with E-state index in [0.717, 1.165) is 17.0 Å². The molecule has 0 fully saturated rings. The van der Waals surface area contributed by atoms with Crippen molar-refractivity contribution in [1.82, 2.24) is 9.78 Å². The monoisotopic (exact) mass is 279 g/mol. The van der Waals surface area contributed by atoms with Crippen LogP contribution in [0.4, 0.5) is 5.00 Å². The van der Waals surface area contributed by atoms with E-state index in [2.05, 4.69) is 10.4 Å². The van der Waals surface area contributed by atoms with Crippen LogP contribution in [0.5, 0.6) is 0 Å². The van der Waals surface area contributed by atoms with E-state index >= 15 is 0 Å². The zero-order chi connectivity index (χ0) is 14.2. The zero-order valence-electron chi connectivity index (χ0n) is 10.7. The van der Waals surface area contributed by atoms with E-state index in [1.54, 1.807) is 33.0 Å². The average Bonchev–Trinajstić information content (AvgIpc) is 2.81. The number of nitrogens with one attached hydrogen (secondary N) is 1. The Labute approximate surface area is 113 Å². The number of aromatic carboxylic acids is 1. The number of amides is 1. The number of anilines is 1. The molecular formula is C12H13N3O3S. The van der Waals surface area contributed by atoms with Crippen LogP contribution < -0.4 is 5.32 Å². The molecule has 2 aromatic rings. The molecule has 0 aromatic carbocycles. The lowest BCUT2D eigenvalue weighted by molar-refractivity contribution is 0.0701. The number of hydrogen-bond acceptors (Lipinski definition) is 4. The second-order valence-electron chi connectivity index (χ2n) is 4.18. The van der Waals surface area contributed by atoms with E-state index in [1.165, 1.54) is 4.68 Å². The summed E-state index contributed by atoms with van der Waals surface area (Å²) >= 11 is 1.04. The smallest absolute Gasteiger partial charge is 0.346 e. The summed E-state index contributed by atoms with van der Waals surface area (Å²) in [5.74, 6) is -1.29. The van der Waals surface area contributed by atoms with Crippen LogP contribution in [0.15, 0.2) is 12.1 Å². The molecule has 2 heterocycles. The number of rotatable bonds is 3. The Morgan fingerprint density at radius 2 is 2.05 bits per heavy atom. The Morgan fingerprint density at radius 3 is 2.53 bits per heavy atom. The SMILES string of the molecule is Cc1cc(C(=O)Nc2cc(C)c(C(=O)O)s2)n(C)n1. The van der Waals surface area contributed by atoms with Crippen LogP contribution in [-0.4, -0.2) is 26.8 Å². The molecule has 19 heavy (non-hydrogen) atoms. The summed E-state index contributed by atoms with van der Waals surface area (Å²) in [4.78, 5) is 23.2. The van der Waals surface area contributed by atoms with Gasteiger partial charge in [-0.3, -0.25) is 9.48 Å². The average molecular weight is 279 g/mol. The highest BCUT2D eigenvalue weighted by Crippen LogP contribution is 2.26. The third-order valence-corrected chi connectivity index (χ3v) is 3.72. The van der Waals surface area contributed by atoms with E-state index in [1.807, 2.05) is 0 Å². The lowest BCUT2D eigenvalue weighted by Gasteiger charge is -2.01. The molecule has 0 bridgehead atoms. The van der Waals surface area contributed by atoms with Crippen molar-refractivity contribution in [2.24, 2.45) is 7.05 Å². The largest absolute Gasteiger partial charge is 0.477 e. The molecule has 0 aliphatic heterocycles. The zero-order valence-corrected chi connectivity index (χ0v) is 11.5. The normalized spacial score (nSPS) is 10.5. The number of carboxylic acids is 1. The quantitative estimate of drug-likeness (QED) is 0.900. The highest BCUT2D eigenvalue weighted by atomic mass is 32.1. The maximum absolute atomic E-state index is 12.0. The second-order valence-corrected chi connectivity index (χ2v) is 5.23. The third kappa shape index (κ3) is 2.65. The highest BCUT2D eigenvalue weighted by molar-refractivity contribution is 7.18. The summed E-state index contributed by atoms with van der Waals surface area (Å²) in [5, 5.41) is 16.2. The summed E-state index contributed by atoms with van der Waals surface area (Å²) in [6.07, 6.45) is 0. The first kappa shape index (κ1) is 13.3. The maximum Gasteiger partial charge on any atom is 0.346 e. The summed E-state index contributed by atoms with van der Waals surface area (Å²) in [6, 6.07) is 3.32. The second kappa shape index (κ2) is 4.85. The number of hydrogen-bond donors (Lipinski definition) is 2. The van der Waals surface area contributed by atoms with Gasteiger partial charge in [-0.05, 0) is 31.5 Å². The summed E-state index contributed by atoms with van der Waals surface area (Å²) < 4.78 is 1.49. The number of nitrogens with zero attached hydrogens (tertiary/aromatic N) is 2. The third-order valence-electron chi connectivity index (χ3n) is 2.58. The molecule has 0 aliphatic carbocycles. The molecule has 0 saturated heterocycles. The fourth-order valence-electron chi connectivity index (χ4n) is 1.76. The molecule has 0 spiro atoms. The summed E-state index contributed by atoms with van der Waals surface area (Å²) in [7, 11) is 1.68. The van der Waals surface area contributed by atoms with Crippen molar-refractivity contribution >= 4 is 28.2 Å². The lowest BCUT2D eigenvalue weighted by atomic mass is 10.3. The van der Waals surface area contributed by atoms with E-state index in [0.29, 0.717) is 16.3 Å². The van der Waals surface area contributed by atoms with E-state index in [4.69, 9.17) is 5.11 Å². The van der Waals surface area contributed by atoms with E-state index < -0.39 is 5.97 Å². The van der Waals surface area contributed by atoms with Gasteiger partial charge in [-0.2, -0.15) is 5.10 Å². The molecule has 0 unspecified atom stereocenters. The van der Waals surface area contributed by atoms with Crippen LogP contribution in [-0.2, 0) is 7.05 Å². The number of carbonyl (C=O) groups excluding carboxylic acids is 1. The van der Waals surface area contributed by atoms with Crippen LogP contribution in [0.2, 0.25) is 0 Å². The minimum Gasteiger partial charge on any atom is -0.477 e. The first-order valence-electron chi connectivity index (χ1n) is 5.54. The van der Waals surface area contributed by atoms with E-state index in [-0.39, 0.29) is 10.8 Å². The molecule has 2 aromatic heterocycles. The molecule has 2 N–H and O–H groups in total. The minimum atomic E-state index is -0.987. The summed E-state index contributed by atoms with van der Waals surface area (Å²) in [6.45, 7) is 3.50. The molecule has 2 rings (SSSR count). The molecule has 0 radical (unpaired) electrons. The number of aryl methyl sites for hydroxylation is 3. The number of carbonyl (C=O) groups is 2. The molecule has 0 atom stereocenters. The van der Waals surface area contributed by atoms with Crippen LogP contribution in [0.1, 0.15) is 31.4 Å². The first-order valence-corrected chi connectivity index (χ1v) is 6.36. The van der Waals surface area contributed by atoms with Gasteiger partial charge in [-0.1, -0.05) is 0 Å². The van der Waals surface area contributed by atoms with Crippen molar-refractivity contribution in [3.63, 3.8) is 0 Å². The molecule has 6 nitrogen and oxygen atoms in total. The maximum atomic E-state index is 12.0. The number of thiophene rings is 1. The van der Waals surface area contributed by atoms with Gasteiger partial charge in [0.2, 0.25) is 0 Å². The van der Waals surface area contributed by atoms with Gasteiger partial charge in [0.15, 0.2) is 0 Å². The number of aromatic nitrogens is 2. The van der Waals surface area contributed by atoms with Crippen molar-refractivity contribution < 1.29 is 14.7 Å². The predicted octanol–water partition coefficient (Wildman–Crippen LogP) is 2.05. The van der Waals surface area contributed by atoms with Gasteiger partial charge in [-0.25, -0.2) is 4.79 Å². The highest BCUT2D eigenvalue weighted by Gasteiger charge is 2.16. The fraction of sp³-hybridized carbons (Fsp3) is 0.250. The predicted molar refractivity (Wildman–Crippen MR) is 71.9 cm³/mol. The van der Waals surface area contributed by atoms with Crippen molar-refractivity contribution in [3.8, 4) is 0 Å². The first-order chi connectivity index (χ1) is 8.88. The van der Waals surface area contributed by atoms with Gasteiger partial charge >= 0.3 is 5.97 Å². The molecule has 0 aliphatic rings. The number of carboxylic acid groups (broad SMARTS) is 1. The Kier molecular flexibility index (Phi) is 3.39. The molecular weight excluding hydrogens is 266 g/mol. The van der Waals surface area contributed by atoms with Crippen molar-refractivity contribution in [3.05, 3.63) is 34.0 Å². The lowest BCUT2D eigenvalue weighted by Crippen LogP contribution is -2.15. The minimum absolute atomic E-state index is 0.233. The Balaban J connectivity index is 2.22. The summed E-state index contributed by atoms with van der Waals surface area (Å²) in [5.41, 5.74) is 1.82. The van der Waals surface area contributed by atoms with Crippen LogP contribution >= 0.6 is 11.3 Å².